The van der Waals surface area contributed by atoms with Gasteiger partial charge in [0.25, 0.3) is 0 Å². The maximum atomic E-state index is 5.93. The van der Waals surface area contributed by atoms with Crippen LogP contribution in [0.15, 0.2) is 21.7 Å². The molecule has 0 fully saturated rings. The summed E-state index contributed by atoms with van der Waals surface area (Å²) in [6.45, 7) is 0. The van der Waals surface area contributed by atoms with Crippen LogP contribution in [0, 0.1) is 0 Å². The highest BCUT2D eigenvalue weighted by Gasteiger charge is 2.20. The lowest BCUT2D eigenvalue weighted by molar-refractivity contribution is 1.07. The van der Waals surface area contributed by atoms with Gasteiger partial charge in [0.1, 0.15) is 0 Å². The molecule has 0 aliphatic heterocycles. The van der Waals surface area contributed by atoms with Crippen LogP contribution in [0.2, 0.25) is 5.02 Å². The zero-order valence-electron chi connectivity index (χ0n) is 6.85. The molecular formula is C9H8BrClN2. The fraction of sp³-hybridized carbons (Fsp3) is 0.222. The smallest absolute Gasteiger partial charge is 0.0679 e. The van der Waals surface area contributed by atoms with E-state index in [-0.39, 0.29) is 0 Å². The first-order valence-corrected chi connectivity index (χ1v) is 5.14. The summed E-state index contributed by atoms with van der Waals surface area (Å²) >= 11 is 9.40. The number of rotatable bonds is 0. The van der Waals surface area contributed by atoms with Crippen molar-refractivity contribution in [1.82, 2.24) is 0 Å². The zero-order chi connectivity index (χ0) is 9.42. The molecule has 1 aromatic carbocycles. The Kier molecular flexibility index (Phi) is 2.30. The molecule has 0 amide bonds. The lowest BCUT2D eigenvalue weighted by Gasteiger charge is -2.02. The summed E-state index contributed by atoms with van der Waals surface area (Å²) < 4.78 is 1.05. The lowest BCUT2D eigenvalue weighted by Crippen LogP contribution is -1.98. The fourth-order valence-electron chi connectivity index (χ4n) is 1.63. The van der Waals surface area contributed by atoms with E-state index in [9.17, 15) is 0 Å². The van der Waals surface area contributed by atoms with E-state index in [1.807, 2.05) is 12.1 Å². The van der Waals surface area contributed by atoms with Crippen LogP contribution in [0.5, 0.6) is 0 Å². The normalized spacial score (nSPS) is 17.8. The van der Waals surface area contributed by atoms with Crippen LogP contribution in [0.25, 0.3) is 0 Å². The Morgan fingerprint density at radius 3 is 2.85 bits per heavy atom. The largest absolute Gasteiger partial charge is 0.323 e. The molecular weight excluding hydrogens is 251 g/mol. The van der Waals surface area contributed by atoms with Crippen molar-refractivity contribution in [2.24, 2.45) is 10.9 Å². The van der Waals surface area contributed by atoms with Gasteiger partial charge in [0.15, 0.2) is 0 Å². The van der Waals surface area contributed by atoms with Gasteiger partial charge in [-0.2, -0.15) is 5.10 Å². The summed E-state index contributed by atoms with van der Waals surface area (Å²) in [5.41, 5.74) is 3.29. The highest BCUT2D eigenvalue weighted by atomic mass is 79.9. The Labute approximate surface area is 89.9 Å². The van der Waals surface area contributed by atoms with Crippen LogP contribution in [0.1, 0.15) is 17.5 Å². The molecule has 4 heteroatoms. The summed E-state index contributed by atoms with van der Waals surface area (Å²) in [5, 5.41) is 4.46. The molecule has 0 aromatic heterocycles. The second kappa shape index (κ2) is 3.31. The third-order valence-corrected chi connectivity index (χ3v) is 3.16. The second-order valence-electron chi connectivity index (χ2n) is 2.99. The molecule has 1 aliphatic carbocycles. The minimum atomic E-state index is 0.716. The molecule has 2 N–H and O–H groups in total. The lowest BCUT2D eigenvalue weighted by atomic mass is 10.1. The first-order chi connectivity index (χ1) is 6.22. The molecule has 1 aliphatic rings. The third-order valence-electron chi connectivity index (χ3n) is 2.24. The summed E-state index contributed by atoms with van der Waals surface area (Å²) in [7, 11) is 0. The predicted octanol–water partition coefficient (Wildman–Crippen LogP) is 2.71. The number of hydrogen-bond acceptors (Lipinski definition) is 2. The van der Waals surface area contributed by atoms with Crippen molar-refractivity contribution in [2.45, 2.75) is 12.8 Å². The van der Waals surface area contributed by atoms with E-state index in [1.54, 1.807) is 0 Å². The van der Waals surface area contributed by atoms with E-state index >= 15 is 0 Å². The Bertz CT molecular complexity index is 387. The van der Waals surface area contributed by atoms with Crippen molar-refractivity contribution in [3.05, 3.63) is 32.8 Å². The second-order valence-corrected chi connectivity index (χ2v) is 4.28. The molecule has 0 radical (unpaired) electrons. The Morgan fingerprint density at radius 2 is 2.15 bits per heavy atom. The van der Waals surface area contributed by atoms with Gasteiger partial charge in [0.05, 0.1) is 5.71 Å². The molecule has 0 saturated heterocycles. The SMILES string of the molecule is N/N=C1/CCc2c(Br)cc(Cl)cc21. The molecule has 0 saturated carbocycles. The van der Waals surface area contributed by atoms with E-state index in [0.29, 0.717) is 5.02 Å². The van der Waals surface area contributed by atoms with Gasteiger partial charge in [-0.3, -0.25) is 0 Å². The van der Waals surface area contributed by atoms with Gasteiger partial charge in [-0.05, 0) is 30.5 Å². The zero-order valence-corrected chi connectivity index (χ0v) is 9.19. The number of nitrogens with two attached hydrogens (primary N) is 1. The molecule has 0 atom stereocenters. The van der Waals surface area contributed by atoms with Crippen LogP contribution in [0.3, 0.4) is 0 Å². The van der Waals surface area contributed by atoms with Crippen LogP contribution in [-0.4, -0.2) is 5.71 Å². The Morgan fingerprint density at radius 1 is 1.38 bits per heavy atom. The maximum Gasteiger partial charge on any atom is 0.0679 e. The van der Waals surface area contributed by atoms with Gasteiger partial charge < -0.3 is 5.84 Å². The van der Waals surface area contributed by atoms with E-state index in [2.05, 4.69) is 21.0 Å². The standard InChI is InChI=1S/C9H8BrClN2/c10-8-4-5(11)3-7-6(8)1-2-9(7)13-12/h3-4H,1-2,12H2/b13-9-. The van der Waals surface area contributed by atoms with E-state index in [1.165, 1.54) is 5.56 Å². The molecule has 68 valence electrons. The minimum Gasteiger partial charge on any atom is -0.323 e. The average molecular weight is 260 g/mol. The fourth-order valence-corrected chi connectivity index (χ4v) is 2.64. The first-order valence-electron chi connectivity index (χ1n) is 3.97. The van der Waals surface area contributed by atoms with Crippen LogP contribution in [0.4, 0.5) is 0 Å². The van der Waals surface area contributed by atoms with Gasteiger partial charge in [-0.15, -0.1) is 0 Å². The van der Waals surface area contributed by atoms with E-state index in [4.69, 9.17) is 17.4 Å². The van der Waals surface area contributed by atoms with Gasteiger partial charge in [0, 0.05) is 15.1 Å². The summed E-state index contributed by atoms with van der Waals surface area (Å²) in [5.74, 6) is 5.28. The molecule has 0 heterocycles. The van der Waals surface area contributed by atoms with Crippen LogP contribution in [-0.2, 0) is 6.42 Å². The first kappa shape index (κ1) is 9.03. The highest BCUT2D eigenvalue weighted by Crippen LogP contribution is 2.32. The van der Waals surface area contributed by atoms with Crippen molar-refractivity contribution < 1.29 is 0 Å². The summed E-state index contributed by atoms with van der Waals surface area (Å²) in [6.07, 6.45) is 1.90. The van der Waals surface area contributed by atoms with Crippen molar-refractivity contribution >= 4 is 33.2 Å². The Hall–Kier alpha value is -0.540. The average Bonchev–Trinajstić information content (AvgIpc) is 2.47. The highest BCUT2D eigenvalue weighted by molar-refractivity contribution is 9.10. The van der Waals surface area contributed by atoms with Gasteiger partial charge in [-0.1, -0.05) is 27.5 Å². The predicted molar refractivity (Wildman–Crippen MR) is 58.2 cm³/mol. The molecule has 1 aromatic rings. The topological polar surface area (TPSA) is 38.4 Å². The molecule has 0 unspecified atom stereocenters. The molecule has 0 bridgehead atoms. The molecule has 0 spiro atoms. The number of hydrazone groups is 1. The summed E-state index contributed by atoms with van der Waals surface area (Å²) in [6, 6.07) is 3.82. The number of benzene rings is 1. The quantitative estimate of drug-likeness (QED) is 0.565. The third kappa shape index (κ3) is 1.46. The van der Waals surface area contributed by atoms with E-state index < -0.39 is 0 Å². The van der Waals surface area contributed by atoms with Crippen molar-refractivity contribution in [1.29, 1.82) is 0 Å². The number of nitrogens with zero attached hydrogens (tertiary/aromatic N) is 1. The number of halogens is 2. The van der Waals surface area contributed by atoms with Crippen molar-refractivity contribution in [2.75, 3.05) is 0 Å². The van der Waals surface area contributed by atoms with Crippen molar-refractivity contribution in [3.63, 3.8) is 0 Å². The van der Waals surface area contributed by atoms with Crippen molar-refractivity contribution in [3.8, 4) is 0 Å². The Balaban J connectivity index is 2.64. The molecule has 2 rings (SSSR count). The minimum absolute atomic E-state index is 0.716. The number of hydrogen-bond donors (Lipinski definition) is 1. The maximum absolute atomic E-state index is 5.93. The van der Waals surface area contributed by atoms with Gasteiger partial charge in [-0.25, -0.2) is 0 Å². The molecule has 2 nitrogen and oxygen atoms in total. The van der Waals surface area contributed by atoms with Crippen LogP contribution < -0.4 is 5.84 Å². The van der Waals surface area contributed by atoms with Gasteiger partial charge >= 0.3 is 0 Å². The monoisotopic (exact) mass is 258 g/mol. The van der Waals surface area contributed by atoms with Gasteiger partial charge in [0.2, 0.25) is 0 Å². The number of fused-ring (bicyclic) bond motifs is 1. The van der Waals surface area contributed by atoms with Crippen LogP contribution >= 0.6 is 27.5 Å². The summed E-state index contributed by atoms with van der Waals surface area (Å²) in [4.78, 5) is 0. The molecule has 13 heavy (non-hydrogen) atoms. The van der Waals surface area contributed by atoms with E-state index in [0.717, 1.165) is 28.6 Å².